The Bertz CT molecular complexity index is 656. The van der Waals surface area contributed by atoms with Crippen LogP contribution >= 0.6 is 0 Å². The number of rotatable bonds is 4. The zero-order valence-electron chi connectivity index (χ0n) is 13.1. The lowest BCUT2D eigenvalue weighted by atomic mass is 10.1. The van der Waals surface area contributed by atoms with Gasteiger partial charge in [-0.3, -0.25) is 4.79 Å². The summed E-state index contributed by atoms with van der Waals surface area (Å²) in [6, 6.07) is 16.2. The molecule has 1 aliphatic heterocycles. The number of amides is 1. The second-order valence-electron chi connectivity index (χ2n) is 5.99. The number of benzene rings is 2. The number of fused-ring (bicyclic) bond motifs is 1. The highest BCUT2D eigenvalue weighted by atomic mass is 16.5. The van der Waals surface area contributed by atoms with Crippen LogP contribution in [0.2, 0.25) is 0 Å². The molecular formula is C19H21NO2. The van der Waals surface area contributed by atoms with Crippen LogP contribution in [-0.4, -0.2) is 30.5 Å². The van der Waals surface area contributed by atoms with Gasteiger partial charge in [-0.05, 0) is 24.1 Å². The van der Waals surface area contributed by atoms with Gasteiger partial charge in [0.25, 0.3) is 0 Å². The number of para-hydroxylation sites is 1. The summed E-state index contributed by atoms with van der Waals surface area (Å²) in [6.07, 6.45) is 1.37. The molecule has 0 fully saturated rings. The van der Waals surface area contributed by atoms with Crippen LogP contribution in [0, 0.1) is 6.92 Å². The Morgan fingerprint density at radius 3 is 2.82 bits per heavy atom. The van der Waals surface area contributed by atoms with Gasteiger partial charge in [0.1, 0.15) is 11.9 Å². The van der Waals surface area contributed by atoms with Gasteiger partial charge in [-0.25, -0.2) is 0 Å². The molecule has 1 unspecified atom stereocenters. The molecule has 0 N–H and O–H groups in total. The quantitative estimate of drug-likeness (QED) is 0.868. The van der Waals surface area contributed by atoms with Crippen LogP contribution < -0.4 is 4.74 Å². The van der Waals surface area contributed by atoms with Crippen LogP contribution in [0.4, 0.5) is 0 Å². The highest BCUT2D eigenvalue weighted by Gasteiger charge is 2.24. The monoisotopic (exact) mass is 295 g/mol. The van der Waals surface area contributed by atoms with Gasteiger partial charge < -0.3 is 9.64 Å². The molecular weight excluding hydrogens is 274 g/mol. The van der Waals surface area contributed by atoms with Crippen molar-refractivity contribution in [2.24, 2.45) is 0 Å². The molecule has 3 nitrogen and oxygen atoms in total. The third-order valence-corrected chi connectivity index (χ3v) is 4.05. The van der Waals surface area contributed by atoms with E-state index in [4.69, 9.17) is 4.74 Å². The van der Waals surface area contributed by atoms with E-state index in [2.05, 4.69) is 12.1 Å². The van der Waals surface area contributed by atoms with Crippen molar-refractivity contribution in [2.45, 2.75) is 25.9 Å². The summed E-state index contributed by atoms with van der Waals surface area (Å²) in [7, 11) is 1.85. The fourth-order valence-corrected chi connectivity index (χ4v) is 2.89. The molecule has 2 aromatic carbocycles. The van der Waals surface area contributed by atoms with Gasteiger partial charge in [0, 0.05) is 13.5 Å². The Labute approximate surface area is 131 Å². The van der Waals surface area contributed by atoms with Crippen molar-refractivity contribution < 1.29 is 9.53 Å². The maximum Gasteiger partial charge on any atom is 0.226 e. The minimum absolute atomic E-state index is 0.0591. The van der Waals surface area contributed by atoms with Gasteiger partial charge in [0.05, 0.1) is 13.0 Å². The van der Waals surface area contributed by atoms with Crippen LogP contribution in [-0.2, 0) is 17.6 Å². The molecule has 0 radical (unpaired) electrons. The molecule has 0 saturated heterocycles. The normalized spacial score (nSPS) is 16.0. The van der Waals surface area contributed by atoms with E-state index in [1.54, 1.807) is 4.90 Å². The van der Waals surface area contributed by atoms with E-state index in [9.17, 15) is 4.79 Å². The van der Waals surface area contributed by atoms with Crippen LogP contribution in [0.25, 0.3) is 0 Å². The Balaban J connectivity index is 1.56. The molecule has 0 bridgehead atoms. The average Bonchev–Trinajstić information content (AvgIpc) is 2.89. The molecule has 3 heteroatoms. The smallest absolute Gasteiger partial charge is 0.226 e. The predicted molar refractivity (Wildman–Crippen MR) is 87.1 cm³/mol. The molecule has 1 aliphatic rings. The molecule has 1 heterocycles. The lowest BCUT2D eigenvalue weighted by Gasteiger charge is -2.21. The number of ether oxygens (including phenoxy) is 1. The van der Waals surface area contributed by atoms with E-state index in [-0.39, 0.29) is 12.0 Å². The van der Waals surface area contributed by atoms with Gasteiger partial charge in [0.2, 0.25) is 5.91 Å². The minimum Gasteiger partial charge on any atom is -0.488 e. The Morgan fingerprint density at radius 1 is 1.23 bits per heavy atom. The number of carbonyl (C=O) groups is 1. The van der Waals surface area contributed by atoms with Crippen molar-refractivity contribution in [1.29, 1.82) is 0 Å². The van der Waals surface area contributed by atoms with E-state index >= 15 is 0 Å². The molecule has 0 aliphatic carbocycles. The Kier molecular flexibility index (Phi) is 4.14. The maximum absolute atomic E-state index is 12.4. The van der Waals surface area contributed by atoms with Crippen LogP contribution in [0.3, 0.4) is 0 Å². The average molecular weight is 295 g/mol. The van der Waals surface area contributed by atoms with Crippen molar-refractivity contribution in [1.82, 2.24) is 4.90 Å². The molecule has 0 spiro atoms. The van der Waals surface area contributed by atoms with E-state index in [0.717, 1.165) is 17.7 Å². The summed E-state index contributed by atoms with van der Waals surface area (Å²) < 4.78 is 5.90. The third kappa shape index (κ3) is 3.30. The minimum atomic E-state index is 0.0591. The van der Waals surface area contributed by atoms with Crippen LogP contribution in [0.1, 0.15) is 16.7 Å². The zero-order chi connectivity index (χ0) is 15.5. The second-order valence-corrected chi connectivity index (χ2v) is 5.99. The summed E-state index contributed by atoms with van der Waals surface area (Å²) in [5.41, 5.74) is 3.47. The first kappa shape index (κ1) is 14.6. The highest BCUT2D eigenvalue weighted by molar-refractivity contribution is 5.78. The first-order valence-electron chi connectivity index (χ1n) is 7.66. The number of likely N-dealkylation sites (N-methyl/N-ethyl adjacent to an activating group) is 1. The maximum atomic E-state index is 12.4. The Hall–Kier alpha value is -2.29. The predicted octanol–water partition coefficient (Wildman–Crippen LogP) is 3.00. The third-order valence-electron chi connectivity index (χ3n) is 4.05. The van der Waals surface area contributed by atoms with E-state index < -0.39 is 0 Å². The zero-order valence-corrected chi connectivity index (χ0v) is 13.1. The van der Waals surface area contributed by atoms with Crippen LogP contribution in [0.15, 0.2) is 48.5 Å². The topological polar surface area (TPSA) is 29.5 Å². The van der Waals surface area contributed by atoms with Gasteiger partial charge >= 0.3 is 0 Å². The number of carbonyl (C=O) groups excluding carboxylic acids is 1. The van der Waals surface area contributed by atoms with Crippen molar-refractivity contribution in [3.8, 4) is 5.75 Å². The van der Waals surface area contributed by atoms with Crippen molar-refractivity contribution in [3.63, 3.8) is 0 Å². The number of hydrogen-bond acceptors (Lipinski definition) is 2. The summed E-state index contributed by atoms with van der Waals surface area (Å²) in [5, 5.41) is 0. The van der Waals surface area contributed by atoms with Crippen LogP contribution in [0.5, 0.6) is 5.75 Å². The van der Waals surface area contributed by atoms with Gasteiger partial charge in [-0.2, -0.15) is 0 Å². The molecule has 0 saturated carbocycles. The lowest BCUT2D eigenvalue weighted by molar-refractivity contribution is -0.130. The molecule has 2 aromatic rings. The van der Waals surface area contributed by atoms with E-state index in [1.165, 1.54) is 11.1 Å². The number of nitrogens with zero attached hydrogens (tertiary/aromatic N) is 1. The van der Waals surface area contributed by atoms with Gasteiger partial charge in [0.15, 0.2) is 0 Å². The van der Waals surface area contributed by atoms with Gasteiger partial charge in [-0.1, -0.05) is 48.0 Å². The molecule has 0 aromatic heterocycles. The molecule has 22 heavy (non-hydrogen) atoms. The number of hydrogen-bond donors (Lipinski definition) is 0. The van der Waals surface area contributed by atoms with Crippen molar-refractivity contribution >= 4 is 5.91 Å². The first-order chi connectivity index (χ1) is 10.6. The lowest BCUT2D eigenvalue weighted by Crippen LogP contribution is -2.37. The molecule has 1 amide bonds. The Morgan fingerprint density at radius 2 is 2.05 bits per heavy atom. The van der Waals surface area contributed by atoms with E-state index in [0.29, 0.717) is 13.0 Å². The summed E-state index contributed by atoms with van der Waals surface area (Å²) in [6.45, 7) is 2.67. The van der Waals surface area contributed by atoms with E-state index in [1.807, 2.05) is 50.4 Å². The van der Waals surface area contributed by atoms with Crippen molar-refractivity contribution in [3.05, 3.63) is 65.2 Å². The molecule has 3 rings (SSSR count). The first-order valence-corrected chi connectivity index (χ1v) is 7.66. The van der Waals surface area contributed by atoms with Gasteiger partial charge in [-0.15, -0.1) is 0 Å². The van der Waals surface area contributed by atoms with Crippen molar-refractivity contribution in [2.75, 3.05) is 13.6 Å². The fourth-order valence-electron chi connectivity index (χ4n) is 2.89. The number of aryl methyl sites for hydroxylation is 1. The molecule has 1 atom stereocenters. The SMILES string of the molecule is Cc1cccc(CC(=O)N(C)CC2Cc3ccccc3O2)c1. The molecule has 114 valence electrons. The second kappa shape index (κ2) is 6.22. The summed E-state index contributed by atoms with van der Waals surface area (Å²) in [5.74, 6) is 1.08. The highest BCUT2D eigenvalue weighted by Crippen LogP contribution is 2.28. The standard InChI is InChI=1S/C19H21NO2/c1-14-6-5-7-15(10-14)11-19(21)20(2)13-17-12-16-8-3-4-9-18(16)22-17/h3-10,17H,11-13H2,1-2H3. The fraction of sp³-hybridized carbons (Fsp3) is 0.316. The summed E-state index contributed by atoms with van der Waals surface area (Å²) >= 11 is 0. The largest absolute Gasteiger partial charge is 0.488 e. The summed E-state index contributed by atoms with van der Waals surface area (Å²) in [4.78, 5) is 14.1.